The lowest BCUT2D eigenvalue weighted by atomic mass is 9.99. The van der Waals surface area contributed by atoms with E-state index < -0.39 is 0 Å². The lowest BCUT2D eigenvalue weighted by molar-refractivity contribution is 0.0734. The van der Waals surface area contributed by atoms with Crippen LogP contribution in [0.2, 0.25) is 0 Å². The third-order valence-corrected chi connectivity index (χ3v) is 7.51. The molecule has 0 spiro atoms. The topological polar surface area (TPSA) is 33.2 Å². The number of thiazole rings is 1. The van der Waals surface area contributed by atoms with E-state index in [0.29, 0.717) is 6.54 Å². The molecule has 0 aliphatic carbocycles. The highest BCUT2D eigenvalue weighted by atomic mass is 32.2. The second-order valence-corrected chi connectivity index (χ2v) is 9.43. The van der Waals surface area contributed by atoms with Crippen LogP contribution < -0.4 is 0 Å². The van der Waals surface area contributed by atoms with Crippen molar-refractivity contribution in [3.8, 4) is 0 Å². The Kier molecular flexibility index (Phi) is 5.08. The first-order chi connectivity index (χ1) is 14.3. The number of benzene rings is 3. The molecule has 3 nitrogen and oxygen atoms in total. The average Bonchev–Trinajstić information content (AvgIpc) is 3.20. The molecule has 5 rings (SSSR count). The molecule has 29 heavy (non-hydrogen) atoms. The molecular formula is C24H20N2OS2. The summed E-state index contributed by atoms with van der Waals surface area (Å²) in [6.07, 6.45) is 0.929. The van der Waals surface area contributed by atoms with Crippen molar-refractivity contribution in [1.29, 1.82) is 0 Å². The molecule has 3 aromatic carbocycles. The van der Waals surface area contributed by atoms with Gasteiger partial charge in [-0.05, 0) is 47.4 Å². The molecule has 2 heterocycles. The number of para-hydroxylation sites is 1. The molecular weight excluding hydrogens is 396 g/mol. The number of amides is 1. The predicted molar refractivity (Wildman–Crippen MR) is 121 cm³/mol. The van der Waals surface area contributed by atoms with Crippen LogP contribution in [0.4, 0.5) is 0 Å². The second kappa shape index (κ2) is 8.01. The SMILES string of the molecule is O=C(c1ccc(CSc2nc3ccccc3s2)cc1)N1CCc2ccccc2C1. The normalized spacial score (nSPS) is 13.4. The van der Waals surface area contributed by atoms with Gasteiger partial charge in [0.1, 0.15) is 0 Å². The number of nitrogens with zero attached hydrogens (tertiary/aromatic N) is 2. The molecule has 0 saturated heterocycles. The highest BCUT2D eigenvalue weighted by molar-refractivity contribution is 8.00. The van der Waals surface area contributed by atoms with Crippen LogP contribution in [0.15, 0.2) is 77.1 Å². The van der Waals surface area contributed by atoms with E-state index in [1.807, 2.05) is 35.2 Å². The second-order valence-electron chi connectivity index (χ2n) is 7.18. The van der Waals surface area contributed by atoms with Gasteiger partial charge in [-0.1, -0.05) is 60.3 Å². The number of rotatable bonds is 4. The molecule has 0 fully saturated rings. The summed E-state index contributed by atoms with van der Waals surface area (Å²) in [5.41, 5.74) is 5.65. The van der Waals surface area contributed by atoms with E-state index in [-0.39, 0.29) is 5.91 Å². The number of aromatic nitrogens is 1. The number of hydrogen-bond donors (Lipinski definition) is 0. The molecule has 4 aromatic rings. The van der Waals surface area contributed by atoms with E-state index in [4.69, 9.17) is 0 Å². The largest absolute Gasteiger partial charge is 0.334 e. The number of carbonyl (C=O) groups is 1. The van der Waals surface area contributed by atoms with Gasteiger partial charge >= 0.3 is 0 Å². The maximum atomic E-state index is 12.9. The Labute approximate surface area is 178 Å². The van der Waals surface area contributed by atoms with Crippen molar-refractivity contribution in [3.05, 3.63) is 95.1 Å². The zero-order chi connectivity index (χ0) is 19.6. The van der Waals surface area contributed by atoms with E-state index in [1.54, 1.807) is 23.1 Å². The van der Waals surface area contributed by atoms with Crippen LogP contribution in [0.5, 0.6) is 0 Å². The van der Waals surface area contributed by atoms with Crippen molar-refractivity contribution < 1.29 is 4.79 Å². The average molecular weight is 417 g/mol. The molecule has 0 radical (unpaired) electrons. The number of carbonyl (C=O) groups excluding carboxylic acids is 1. The summed E-state index contributed by atoms with van der Waals surface area (Å²) in [6, 6.07) is 24.7. The molecule has 0 bridgehead atoms. The Bertz CT molecular complexity index is 1130. The van der Waals surface area contributed by atoms with E-state index in [1.165, 1.54) is 21.4 Å². The zero-order valence-corrected chi connectivity index (χ0v) is 17.5. The minimum Gasteiger partial charge on any atom is -0.334 e. The molecule has 0 N–H and O–H groups in total. The highest BCUT2D eigenvalue weighted by Gasteiger charge is 2.21. The van der Waals surface area contributed by atoms with Crippen molar-refractivity contribution >= 4 is 39.2 Å². The summed E-state index contributed by atoms with van der Waals surface area (Å²) >= 11 is 3.47. The Morgan fingerprint density at radius 2 is 1.72 bits per heavy atom. The predicted octanol–water partition coefficient (Wildman–Crippen LogP) is 5.79. The fraction of sp³-hybridized carbons (Fsp3) is 0.167. The highest BCUT2D eigenvalue weighted by Crippen LogP contribution is 2.31. The first kappa shape index (κ1) is 18.4. The van der Waals surface area contributed by atoms with Gasteiger partial charge in [0.2, 0.25) is 0 Å². The summed E-state index contributed by atoms with van der Waals surface area (Å²) in [5.74, 6) is 0.968. The third-order valence-electron chi connectivity index (χ3n) is 5.26. The monoisotopic (exact) mass is 416 g/mol. The van der Waals surface area contributed by atoms with Gasteiger partial charge in [-0.2, -0.15) is 0 Å². The Hall–Kier alpha value is -2.63. The standard InChI is InChI=1S/C24H20N2OS2/c27-23(26-14-13-18-5-1-2-6-20(18)15-26)19-11-9-17(10-12-19)16-28-24-25-21-7-3-4-8-22(21)29-24/h1-12H,13-16H2. The number of thioether (sulfide) groups is 1. The lowest BCUT2D eigenvalue weighted by Crippen LogP contribution is -2.35. The van der Waals surface area contributed by atoms with Crippen molar-refractivity contribution in [1.82, 2.24) is 9.88 Å². The number of fused-ring (bicyclic) bond motifs is 2. The van der Waals surface area contributed by atoms with E-state index in [2.05, 4.69) is 47.4 Å². The molecule has 0 saturated carbocycles. The molecule has 1 aromatic heterocycles. The van der Waals surface area contributed by atoms with E-state index >= 15 is 0 Å². The van der Waals surface area contributed by atoms with Gasteiger partial charge in [-0.25, -0.2) is 4.98 Å². The smallest absolute Gasteiger partial charge is 0.254 e. The van der Waals surface area contributed by atoms with E-state index in [0.717, 1.165) is 34.1 Å². The minimum absolute atomic E-state index is 0.116. The van der Waals surface area contributed by atoms with Gasteiger partial charge in [0.15, 0.2) is 4.34 Å². The van der Waals surface area contributed by atoms with Crippen LogP contribution in [0.3, 0.4) is 0 Å². The zero-order valence-electron chi connectivity index (χ0n) is 15.9. The number of hydrogen-bond acceptors (Lipinski definition) is 4. The summed E-state index contributed by atoms with van der Waals surface area (Å²) in [4.78, 5) is 19.5. The van der Waals surface area contributed by atoms with Gasteiger partial charge in [-0.15, -0.1) is 11.3 Å². The van der Waals surface area contributed by atoms with Crippen LogP contribution in [0.25, 0.3) is 10.2 Å². The van der Waals surface area contributed by atoms with Crippen LogP contribution in [-0.4, -0.2) is 22.3 Å². The summed E-state index contributed by atoms with van der Waals surface area (Å²) < 4.78 is 2.30. The minimum atomic E-state index is 0.116. The van der Waals surface area contributed by atoms with Gasteiger partial charge < -0.3 is 4.90 Å². The molecule has 0 unspecified atom stereocenters. The van der Waals surface area contributed by atoms with Crippen molar-refractivity contribution in [2.45, 2.75) is 23.1 Å². The molecule has 0 atom stereocenters. The Morgan fingerprint density at radius 3 is 2.55 bits per heavy atom. The maximum absolute atomic E-state index is 12.9. The lowest BCUT2D eigenvalue weighted by Gasteiger charge is -2.29. The summed E-state index contributed by atoms with van der Waals surface area (Å²) in [7, 11) is 0. The van der Waals surface area contributed by atoms with E-state index in [9.17, 15) is 4.79 Å². The molecule has 1 aliphatic rings. The summed E-state index contributed by atoms with van der Waals surface area (Å²) in [5, 5.41) is 0. The van der Waals surface area contributed by atoms with Crippen molar-refractivity contribution in [2.75, 3.05) is 6.54 Å². The fourth-order valence-electron chi connectivity index (χ4n) is 3.65. The Morgan fingerprint density at radius 1 is 0.966 bits per heavy atom. The fourth-order valence-corrected chi connectivity index (χ4v) is 5.68. The summed E-state index contributed by atoms with van der Waals surface area (Å²) in [6.45, 7) is 1.48. The quantitative estimate of drug-likeness (QED) is 0.395. The van der Waals surface area contributed by atoms with Crippen LogP contribution in [-0.2, 0) is 18.7 Å². The maximum Gasteiger partial charge on any atom is 0.254 e. The first-order valence-electron chi connectivity index (χ1n) is 9.70. The van der Waals surface area contributed by atoms with Crippen LogP contribution in [0.1, 0.15) is 27.0 Å². The van der Waals surface area contributed by atoms with Gasteiger partial charge in [0.05, 0.1) is 10.2 Å². The van der Waals surface area contributed by atoms with Crippen LogP contribution in [0, 0.1) is 0 Å². The molecule has 1 aliphatic heterocycles. The molecule has 1 amide bonds. The third kappa shape index (κ3) is 3.93. The Balaban J connectivity index is 1.23. The van der Waals surface area contributed by atoms with Crippen LogP contribution >= 0.6 is 23.1 Å². The molecule has 144 valence electrons. The molecule has 5 heteroatoms. The van der Waals surface area contributed by atoms with Gasteiger partial charge in [0, 0.05) is 24.4 Å². The van der Waals surface area contributed by atoms with Crippen molar-refractivity contribution in [3.63, 3.8) is 0 Å². The van der Waals surface area contributed by atoms with Crippen molar-refractivity contribution in [2.24, 2.45) is 0 Å². The first-order valence-corrected chi connectivity index (χ1v) is 11.5. The van der Waals surface area contributed by atoms with Gasteiger partial charge in [0.25, 0.3) is 5.91 Å². The van der Waals surface area contributed by atoms with Gasteiger partial charge in [-0.3, -0.25) is 4.79 Å².